The first-order chi connectivity index (χ1) is 12.7. The Morgan fingerprint density at radius 1 is 1.27 bits per heavy atom. The highest BCUT2D eigenvalue weighted by Crippen LogP contribution is 2.24. The lowest BCUT2D eigenvalue weighted by atomic mass is 10.1. The van der Waals surface area contributed by atoms with E-state index >= 15 is 0 Å². The molecule has 26 heavy (non-hydrogen) atoms. The first-order valence-corrected chi connectivity index (χ1v) is 9.09. The van der Waals surface area contributed by atoms with Crippen molar-refractivity contribution in [2.75, 3.05) is 25.5 Å². The number of hydrogen-bond donors (Lipinski definition) is 2. The van der Waals surface area contributed by atoms with Crippen LogP contribution >= 0.6 is 0 Å². The van der Waals surface area contributed by atoms with E-state index in [9.17, 15) is 4.79 Å². The zero-order valence-electron chi connectivity index (χ0n) is 15.1. The lowest BCUT2D eigenvalue weighted by Gasteiger charge is -2.19. The molecule has 1 saturated heterocycles. The van der Waals surface area contributed by atoms with Gasteiger partial charge in [-0.2, -0.15) is 0 Å². The Labute approximate surface area is 154 Å². The lowest BCUT2D eigenvalue weighted by Crippen LogP contribution is -2.34. The fourth-order valence-corrected chi connectivity index (χ4v) is 3.19. The van der Waals surface area contributed by atoms with Gasteiger partial charge in [-0.1, -0.05) is 18.2 Å². The van der Waals surface area contributed by atoms with Gasteiger partial charge in [0.15, 0.2) is 0 Å². The van der Waals surface area contributed by atoms with Crippen LogP contribution in [0.1, 0.15) is 25.0 Å². The number of carbonyl (C=O) groups is 1. The smallest absolute Gasteiger partial charge is 0.319 e. The number of likely N-dealkylation sites (tertiary alicyclic amines) is 1. The largest absolute Gasteiger partial charge is 0.485 e. The summed E-state index contributed by atoms with van der Waals surface area (Å²) in [5.41, 5.74) is 1.49. The van der Waals surface area contributed by atoms with Gasteiger partial charge in [-0.05, 0) is 57.1 Å². The average Bonchev–Trinajstić information content (AvgIpc) is 3.07. The second-order valence-electron chi connectivity index (χ2n) is 6.55. The molecule has 1 aliphatic rings. The zero-order valence-corrected chi connectivity index (χ0v) is 15.1. The van der Waals surface area contributed by atoms with Crippen LogP contribution in [0.15, 0.2) is 48.7 Å². The molecule has 138 valence electrons. The molecule has 1 atom stereocenters. The van der Waals surface area contributed by atoms with Crippen molar-refractivity contribution in [3.05, 3.63) is 54.4 Å². The van der Waals surface area contributed by atoms with E-state index in [1.165, 1.54) is 12.8 Å². The molecule has 1 fully saturated rings. The maximum absolute atomic E-state index is 12.2. The van der Waals surface area contributed by atoms with Crippen LogP contribution in [0, 0.1) is 0 Å². The van der Waals surface area contributed by atoms with Crippen LogP contribution in [-0.4, -0.2) is 42.1 Å². The summed E-state index contributed by atoms with van der Waals surface area (Å²) in [5.74, 6) is 0.629. The summed E-state index contributed by atoms with van der Waals surface area (Å²) < 4.78 is 5.81. The van der Waals surface area contributed by atoms with Crippen molar-refractivity contribution in [3.8, 4) is 5.75 Å². The van der Waals surface area contributed by atoms with Crippen LogP contribution in [0.25, 0.3) is 0 Å². The highest BCUT2D eigenvalue weighted by molar-refractivity contribution is 5.90. The maximum atomic E-state index is 12.2. The Kier molecular flexibility index (Phi) is 6.44. The predicted octanol–water partition coefficient (Wildman–Crippen LogP) is 3.27. The van der Waals surface area contributed by atoms with E-state index in [4.69, 9.17) is 4.74 Å². The van der Waals surface area contributed by atoms with Crippen molar-refractivity contribution < 1.29 is 9.53 Å². The van der Waals surface area contributed by atoms with E-state index in [1.807, 2.05) is 42.5 Å². The monoisotopic (exact) mass is 354 g/mol. The molecule has 6 nitrogen and oxygen atoms in total. The molecular weight excluding hydrogens is 328 g/mol. The Hall–Kier alpha value is -2.60. The minimum Gasteiger partial charge on any atom is -0.485 e. The normalized spacial score (nSPS) is 17.0. The number of hydrogen-bond acceptors (Lipinski definition) is 4. The molecule has 2 amide bonds. The van der Waals surface area contributed by atoms with Gasteiger partial charge in [0, 0.05) is 18.8 Å². The molecule has 0 spiro atoms. The molecular formula is C20H26N4O2. The second-order valence-corrected chi connectivity index (χ2v) is 6.55. The number of rotatable bonds is 7. The van der Waals surface area contributed by atoms with Crippen molar-refractivity contribution in [1.29, 1.82) is 0 Å². The SMILES string of the molecule is CN1CCCC1CCNC(=O)Nc1ccccc1OCc1ccccn1. The van der Waals surface area contributed by atoms with Crippen LogP contribution in [-0.2, 0) is 6.61 Å². The van der Waals surface area contributed by atoms with Crippen LogP contribution in [0.4, 0.5) is 10.5 Å². The van der Waals surface area contributed by atoms with Gasteiger partial charge in [0.25, 0.3) is 0 Å². The molecule has 0 aliphatic carbocycles. The summed E-state index contributed by atoms with van der Waals surface area (Å²) in [6, 6.07) is 13.5. The maximum Gasteiger partial charge on any atom is 0.319 e. The third-order valence-electron chi connectivity index (χ3n) is 4.67. The molecule has 0 radical (unpaired) electrons. The number of ether oxygens (including phenoxy) is 1. The fourth-order valence-electron chi connectivity index (χ4n) is 3.19. The molecule has 6 heteroatoms. The Bertz CT molecular complexity index is 708. The average molecular weight is 354 g/mol. The van der Waals surface area contributed by atoms with Gasteiger partial charge in [0.2, 0.25) is 0 Å². The molecule has 3 rings (SSSR count). The number of benzene rings is 1. The van der Waals surface area contributed by atoms with Crippen molar-refractivity contribution >= 4 is 11.7 Å². The summed E-state index contributed by atoms with van der Waals surface area (Å²) in [6.07, 6.45) is 5.16. The molecule has 1 aromatic heterocycles. The van der Waals surface area contributed by atoms with Gasteiger partial charge in [0.1, 0.15) is 12.4 Å². The lowest BCUT2D eigenvalue weighted by molar-refractivity contribution is 0.248. The summed E-state index contributed by atoms with van der Waals surface area (Å²) >= 11 is 0. The van der Waals surface area contributed by atoms with Gasteiger partial charge in [-0.15, -0.1) is 0 Å². The summed E-state index contributed by atoms with van der Waals surface area (Å²) in [6.45, 7) is 2.17. The minimum absolute atomic E-state index is 0.209. The molecule has 0 bridgehead atoms. The quantitative estimate of drug-likeness (QED) is 0.801. The van der Waals surface area contributed by atoms with Crippen molar-refractivity contribution in [1.82, 2.24) is 15.2 Å². The third-order valence-corrected chi connectivity index (χ3v) is 4.67. The highest BCUT2D eigenvalue weighted by Gasteiger charge is 2.20. The van der Waals surface area contributed by atoms with E-state index in [1.54, 1.807) is 6.20 Å². The summed E-state index contributed by atoms with van der Waals surface area (Å²) in [5, 5.41) is 5.81. The minimum atomic E-state index is -0.209. The number of urea groups is 1. The van der Waals surface area contributed by atoms with Gasteiger partial charge in [-0.3, -0.25) is 4.98 Å². The summed E-state index contributed by atoms with van der Waals surface area (Å²) in [7, 11) is 2.15. The number of pyridine rings is 1. The van der Waals surface area contributed by atoms with E-state index < -0.39 is 0 Å². The van der Waals surface area contributed by atoms with Gasteiger partial charge < -0.3 is 20.3 Å². The summed E-state index contributed by atoms with van der Waals surface area (Å²) in [4.78, 5) is 18.8. The van der Waals surface area contributed by atoms with E-state index in [-0.39, 0.29) is 6.03 Å². The van der Waals surface area contributed by atoms with E-state index in [2.05, 4.69) is 27.6 Å². The molecule has 1 unspecified atom stereocenters. The van der Waals surface area contributed by atoms with Crippen LogP contribution in [0.5, 0.6) is 5.75 Å². The second kappa shape index (κ2) is 9.20. The number of aromatic nitrogens is 1. The molecule has 0 saturated carbocycles. The first kappa shape index (κ1) is 18.2. The number of nitrogens with one attached hydrogen (secondary N) is 2. The van der Waals surface area contributed by atoms with Crippen LogP contribution in [0.3, 0.4) is 0 Å². The molecule has 2 heterocycles. The highest BCUT2D eigenvalue weighted by atomic mass is 16.5. The number of amides is 2. The Balaban J connectivity index is 1.48. The van der Waals surface area contributed by atoms with E-state index in [0.29, 0.717) is 30.6 Å². The van der Waals surface area contributed by atoms with Crippen LogP contribution in [0.2, 0.25) is 0 Å². The van der Waals surface area contributed by atoms with Crippen molar-refractivity contribution in [2.45, 2.75) is 31.9 Å². The molecule has 2 aromatic rings. The standard InChI is InChI=1S/C20H26N4O2/c1-24-14-6-8-17(24)11-13-22-20(25)23-18-9-2-3-10-19(18)26-15-16-7-4-5-12-21-16/h2-5,7,9-10,12,17H,6,8,11,13-15H2,1H3,(H2,22,23,25). The van der Waals surface area contributed by atoms with Gasteiger partial charge >= 0.3 is 6.03 Å². The number of anilines is 1. The first-order valence-electron chi connectivity index (χ1n) is 9.09. The topological polar surface area (TPSA) is 66.5 Å². The number of nitrogens with zero attached hydrogens (tertiary/aromatic N) is 2. The van der Waals surface area contributed by atoms with Gasteiger partial charge in [0.05, 0.1) is 11.4 Å². The Morgan fingerprint density at radius 3 is 2.88 bits per heavy atom. The molecule has 1 aromatic carbocycles. The fraction of sp³-hybridized carbons (Fsp3) is 0.400. The predicted molar refractivity (Wildman–Crippen MR) is 102 cm³/mol. The van der Waals surface area contributed by atoms with Gasteiger partial charge in [-0.25, -0.2) is 4.79 Å². The molecule has 1 aliphatic heterocycles. The molecule has 2 N–H and O–H groups in total. The third kappa shape index (κ3) is 5.20. The number of para-hydroxylation sites is 2. The number of carbonyl (C=O) groups excluding carboxylic acids is 1. The Morgan fingerprint density at radius 2 is 2.12 bits per heavy atom. The van der Waals surface area contributed by atoms with Crippen LogP contribution < -0.4 is 15.4 Å². The zero-order chi connectivity index (χ0) is 18.2. The van der Waals surface area contributed by atoms with Crippen molar-refractivity contribution in [2.24, 2.45) is 0 Å². The van der Waals surface area contributed by atoms with Crippen molar-refractivity contribution in [3.63, 3.8) is 0 Å². The van der Waals surface area contributed by atoms with E-state index in [0.717, 1.165) is 18.7 Å².